The standard InChI is InChI=1S/C17H17N3O2/c1-2-10-22-15-7-5-14(6-8-15)20-17(21)11-16(19-20)13-4-3-9-18-12-13/h3-9,11-12,19H,2,10H2,1H3. The van der Waals surface area contributed by atoms with Crippen molar-refractivity contribution in [3.63, 3.8) is 0 Å². The van der Waals surface area contributed by atoms with Crippen LogP contribution in [0, 0.1) is 0 Å². The Bertz CT molecular complexity index is 789. The highest BCUT2D eigenvalue weighted by molar-refractivity contribution is 5.57. The summed E-state index contributed by atoms with van der Waals surface area (Å²) in [6, 6.07) is 12.8. The summed E-state index contributed by atoms with van der Waals surface area (Å²) in [5.74, 6) is 0.803. The topological polar surface area (TPSA) is 59.9 Å². The molecule has 0 bridgehead atoms. The van der Waals surface area contributed by atoms with E-state index in [1.165, 1.54) is 4.68 Å². The Morgan fingerprint density at radius 3 is 2.73 bits per heavy atom. The summed E-state index contributed by atoms with van der Waals surface area (Å²) >= 11 is 0. The van der Waals surface area contributed by atoms with Crippen LogP contribution in [-0.4, -0.2) is 21.4 Å². The minimum atomic E-state index is -0.110. The first-order valence-corrected chi connectivity index (χ1v) is 7.23. The van der Waals surface area contributed by atoms with E-state index in [0.717, 1.165) is 29.1 Å². The van der Waals surface area contributed by atoms with Gasteiger partial charge in [0, 0.05) is 24.0 Å². The van der Waals surface area contributed by atoms with E-state index in [4.69, 9.17) is 4.74 Å². The number of H-pyrrole nitrogens is 1. The lowest BCUT2D eigenvalue weighted by atomic mass is 10.2. The van der Waals surface area contributed by atoms with Crippen LogP contribution in [0.15, 0.2) is 59.7 Å². The van der Waals surface area contributed by atoms with Crippen molar-refractivity contribution in [3.05, 3.63) is 65.2 Å². The molecule has 0 unspecified atom stereocenters. The SMILES string of the molecule is CCCOc1ccc(-n2[nH]c(-c3cccnc3)cc2=O)cc1. The van der Waals surface area contributed by atoms with Gasteiger partial charge in [0.25, 0.3) is 5.56 Å². The molecule has 3 rings (SSSR count). The Morgan fingerprint density at radius 2 is 2.05 bits per heavy atom. The van der Waals surface area contributed by atoms with Crippen molar-refractivity contribution in [1.29, 1.82) is 0 Å². The van der Waals surface area contributed by atoms with Crippen LogP contribution in [0.1, 0.15) is 13.3 Å². The zero-order chi connectivity index (χ0) is 15.4. The Labute approximate surface area is 128 Å². The molecule has 0 radical (unpaired) electrons. The van der Waals surface area contributed by atoms with Gasteiger partial charge in [-0.2, -0.15) is 0 Å². The summed E-state index contributed by atoms with van der Waals surface area (Å²) in [6.07, 6.45) is 4.39. The van der Waals surface area contributed by atoms with Gasteiger partial charge in [0.05, 0.1) is 18.0 Å². The normalized spacial score (nSPS) is 10.6. The number of nitrogens with zero attached hydrogens (tertiary/aromatic N) is 2. The second-order valence-corrected chi connectivity index (χ2v) is 4.93. The molecule has 1 N–H and O–H groups in total. The number of aromatic nitrogens is 3. The summed E-state index contributed by atoms with van der Waals surface area (Å²) in [5, 5.41) is 3.10. The maximum Gasteiger partial charge on any atom is 0.271 e. The number of benzene rings is 1. The molecule has 112 valence electrons. The van der Waals surface area contributed by atoms with E-state index in [1.54, 1.807) is 18.5 Å². The molecular formula is C17H17N3O2. The molecule has 0 saturated heterocycles. The minimum Gasteiger partial charge on any atom is -0.494 e. The fourth-order valence-electron chi connectivity index (χ4n) is 2.17. The van der Waals surface area contributed by atoms with Crippen LogP contribution in [-0.2, 0) is 0 Å². The third-order valence-corrected chi connectivity index (χ3v) is 3.26. The van der Waals surface area contributed by atoms with Gasteiger partial charge in [-0.1, -0.05) is 6.92 Å². The zero-order valence-electron chi connectivity index (χ0n) is 12.3. The number of ether oxygens (including phenoxy) is 1. The lowest BCUT2D eigenvalue weighted by Crippen LogP contribution is -2.13. The smallest absolute Gasteiger partial charge is 0.271 e. The van der Waals surface area contributed by atoms with E-state index in [-0.39, 0.29) is 5.56 Å². The molecule has 2 aromatic heterocycles. The van der Waals surface area contributed by atoms with Gasteiger partial charge in [0.1, 0.15) is 5.75 Å². The van der Waals surface area contributed by atoms with E-state index in [2.05, 4.69) is 17.0 Å². The van der Waals surface area contributed by atoms with Crippen LogP contribution in [0.5, 0.6) is 5.75 Å². The maximum atomic E-state index is 12.2. The van der Waals surface area contributed by atoms with Crippen LogP contribution >= 0.6 is 0 Å². The van der Waals surface area contributed by atoms with Crippen molar-refractivity contribution in [2.24, 2.45) is 0 Å². The second-order valence-electron chi connectivity index (χ2n) is 4.93. The molecule has 2 heterocycles. The lowest BCUT2D eigenvalue weighted by Gasteiger charge is -2.06. The van der Waals surface area contributed by atoms with Crippen molar-refractivity contribution >= 4 is 0 Å². The number of pyridine rings is 1. The Balaban J connectivity index is 1.89. The van der Waals surface area contributed by atoms with Crippen LogP contribution < -0.4 is 10.3 Å². The average molecular weight is 295 g/mol. The van der Waals surface area contributed by atoms with E-state index >= 15 is 0 Å². The molecule has 5 nitrogen and oxygen atoms in total. The summed E-state index contributed by atoms with van der Waals surface area (Å²) in [5.41, 5.74) is 2.27. The predicted molar refractivity (Wildman–Crippen MR) is 85.4 cm³/mol. The van der Waals surface area contributed by atoms with Gasteiger partial charge in [-0.05, 0) is 42.8 Å². The predicted octanol–water partition coefficient (Wildman–Crippen LogP) is 3.02. The first kappa shape index (κ1) is 14.1. The number of aromatic amines is 1. The van der Waals surface area contributed by atoms with Gasteiger partial charge in [-0.3, -0.25) is 14.9 Å². The fourth-order valence-corrected chi connectivity index (χ4v) is 2.17. The molecular weight excluding hydrogens is 278 g/mol. The number of nitrogens with one attached hydrogen (secondary N) is 1. The second kappa shape index (κ2) is 6.30. The molecule has 0 saturated carbocycles. The third-order valence-electron chi connectivity index (χ3n) is 3.26. The molecule has 0 aliphatic heterocycles. The summed E-state index contributed by atoms with van der Waals surface area (Å²) < 4.78 is 7.05. The van der Waals surface area contributed by atoms with Gasteiger partial charge in [0.15, 0.2) is 0 Å². The number of hydrogen-bond acceptors (Lipinski definition) is 3. The zero-order valence-corrected chi connectivity index (χ0v) is 12.3. The number of hydrogen-bond donors (Lipinski definition) is 1. The fraction of sp³-hybridized carbons (Fsp3) is 0.176. The van der Waals surface area contributed by atoms with E-state index in [9.17, 15) is 4.79 Å². The van der Waals surface area contributed by atoms with Crippen molar-refractivity contribution < 1.29 is 4.74 Å². The molecule has 1 aromatic carbocycles. The van der Waals surface area contributed by atoms with E-state index < -0.39 is 0 Å². The summed E-state index contributed by atoms with van der Waals surface area (Å²) in [7, 11) is 0. The highest BCUT2D eigenvalue weighted by Gasteiger charge is 2.07. The Morgan fingerprint density at radius 1 is 1.23 bits per heavy atom. The highest BCUT2D eigenvalue weighted by Crippen LogP contribution is 2.17. The van der Waals surface area contributed by atoms with Gasteiger partial charge < -0.3 is 4.74 Å². The molecule has 0 aliphatic carbocycles. The van der Waals surface area contributed by atoms with Gasteiger partial charge in [-0.25, -0.2) is 4.68 Å². The van der Waals surface area contributed by atoms with Crippen molar-refractivity contribution in [2.45, 2.75) is 13.3 Å². The van der Waals surface area contributed by atoms with Gasteiger partial charge >= 0.3 is 0 Å². The Kier molecular flexibility index (Phi) is 4.05. The molecule has 22 heavy (non-hydrogen) atoms. The van der Waals surface area contributed by atoms with E-state index in [1.807, 2.05) is 36.4 Å². The van der Waals surface area contributed by atoms with Crippen molar-refractivity contribution in [3.8, 4) is 22.7 Å². The lowest BCUT2D eigenvalue weighted by molar-refractivity contribution is 0.317. The van der Waals surface area contributed by atoms with Gasteiger partial charge in [-0.15, -0.1) is 0 Å². The maximum absolute atomic E-state index is 12.2. The first-order chi connectivity index (χ1) is 10.8. The molecule has 0 amide bonds. The molecule has 5 heteroatoms. The molecule has 0 spiro atoms. The highest BCUT2D eigenvalue weighted by atomic mass is 16.5. The third kappa shape index (κ3) is 2.93. The first-order valence-electron chi connectivity index (χ1n) is 7.23. The molecule has 0 atom stereocenters. The monoisotopic (exact) mass is 295 g/mol. The Hall–Kier alpha value is -2.82. The molecule has 0 fully saturated rings. The molecule has 3 aromatic rings. The minimum absolute atomic E-state index is 0.110. The van der Waals surface area contributed by atoms with Crippen LogP contribution in [0.25, 0.3) is 16.9 Å². The summed E-state index contributed by atoms with van der Waals surface area (Å²) in [6.45, 7) is 2.75. The van der Waals surface area contributed by atoms with Crippen molar-refractivity contribution in [2.75, 3.05) is 6.61 Å². The summed E-state index contributed by atoms with van der Waals surface area (Å²) in [4.78, 5) is 16.2. The van der Waals surface area contributed by atoms with E-state index in [0.29, 0.717) is 6.61 Å². The van der Waals surface area contributed by atoms with Crippen LogP contribution in [0.4, 0.5) is 0 Å². The largest absolute Gasteiger partial charge is 0.494 e. The molecule has 0 aliphatic rings. The van der Waals surface area contributed by atoms with Gasteiger partial charge in [0.2, 0.25) is 0 Å². The van der Waals surface area contributed by atoms with Crippen molar-refractivity contribution in [1.82, 2.24) is 14.8 Å². The number of rotatable bonds is 5. The van der Waals surface area contributed by atoms with Crippen LogP contribution in [0.2, 0.25) is 0 Å². The van der Waals surface area contributed by atoms with Crippen LogP contribution in [0.3, 0.4) is 0 Å². The quantitative estimate of drug-likeness (QED) is 0.787. The average Bonchev–Trinajstić information content (AvgIpc) is 2.96.